The SMILES string of the molecule is CC(C)n1nccc1C(=O)N[C@@H](COC(C)(C)C)c1cn2ncc(C(NC(=O)CCC(F)(F)F)C3CC3)cc2n1. The Kier molecular flexibility index (Phi) is 8.52. The molecule has 1 aliphatic carbocycles. The van der Waals surface area contributed by atoms with Crippen LogP contribution in [0.15, 0.2) is 30.7 Å². The first-order valence-electron chi connectivity index (χ1n) is 13.4. The van der Waals surface area contributed by atoms with Crippen molar-refractivity contribution in [3.05, 3.63) is 47.7 Å². The number of aromatic nitrogens is 5. The van der Waals surface area contributed by atoms with Crippen LogP contribution in [0, 0.1) is 5.92 Å². The van der Waals surface area contributed by atoms with E-state index < -0.39 is 42.6 Å². The molecule has 3 heterocycles. The first kappa shape index (κ1) is 29.5. The van der Waals surface area contributed by atoms with E-state index in [4.69, 9.17) is 9.72 Å². The molecule has 2 atom stereocenters. The van der Waals surface area contributed by atoms with E-state index in [0.717, 1.165) is 12.8 Å². The number of nitrogens with zero attached hydrogens (tertiary/aromatic N) is 5. The fourth-order valence-electron chi connectivity index (χ4n) is 4.32. The minimum absolute atomic E-state index is 0.00814. The van der Waals surface area contributed by atoms with Crippen LogP contribution in [0.1, 0.15) is 100 Å². The average molecular weight is 564 g/mol. The number of hydrogen-bond donors (Lipinski definition) is 2. The number of carbonyl (C=O) groups is 2. The number of alkyl halides is 3. The zero-order valence-corrected chi connectivity index (χ0v) is 23.3. The van der Waals surface area contributed by atoms with Crippen LogP contribution in [0.25, 0.3) is 5.65 Å². The molecule has 13 heteroatoms. The topological polar surface area (TPSA) is 115 Å². The molecule has 3 aromatic heterocycles. The first-order valence-corrected chi connectivity index (χ1v) is 13.4. The van der Waals surface area contributed by atoms with Gasteiger partial charge in [0.15, 0.2) is 5.65 Å². The highest BCUT2D eigenvalue weighted by Crippen LogP contribution is 2.41. The smallest absolute Gasteiger partial charge is 0.373 e. The molecule has 1 unspecified atom stereocenters. The summed E-state index contributed by atoms with van der Waals surface area (Å²) in [6, 6.07) is 2.35. The molecule has 1 fully saturated rings. The molecule has 2 amide bonds. The van der Waals surface area contributed by atoms with Crippen molar-refractivity contribution in [2.75, 3.05) is 6.61 Å². The second-order valence-electron chi connectivity index (χ2n) is 11.5. The third-order valence-electron chi connectivity index (χ3n) is 6.50. The number of nitrogens with one attached hydrogen (secondary N) is 2. The number of hydrogen-bond acceptors (Lipinski definition) is 6. The van der Waals surface area contributed by atoms with Crippen LogP contribution in [-0.2, 0) is 9.53 Å². The van der Waals surface area contributed by atoms with Crippen LogP contribution in [-0.4, -0.2) is 54.6 Å². The van der Waals surface area contributed by atoms with Crippen LogP contribution in [0.4, 0.5) is 13.2 Å². The van der Waals surface area contributed by atoms with Gasteiger partial charge in [0.05, 0.1) is 48.8 Å². The monoisotopic (exact) mass is 563 g/mol. The zero-order valence-electron chi connectivity index (χ0n) is 23.3. The summed E-state index contributed by atoms with van der Waals surface area (Å²) in [5.41, 5.74) is 1.61. The van der Waals surface area contributed by atoms with Gasteiger partial charge < -0.3 is 15.4 Å². The predicted octanol–water partition coefficient (Wildman–Crippen LogP) is 4.70. The first-order chi connectivity index (χ1) is 18.7. The molecule has 40 heavy (non-hydrogen) atoms. The van der Waals surface area contributed by atoms with Gasteiger partial charge in [0.2, 0.25) is 5.91 Å². The molecule has 3 aromatic rings. The van der Waals surface area contributed by atoms with Crippen molar-refractivity contribution in [2.45, 2.75) is 90.2 Å². The van der Waals surface area contributed by atoms with Crippen molar-refractivity contribution in [1.29, 1.82) is 0 Å². The number of rotatable bonds is 11. The lowest BCUT2D eigenvalue weighted by Gasteiger charge is -2.24. The lowest BCUT2D eigenvalue weighted by Crippen LogP contribution is -2.35. The molecular formula is C27H36F3N7O3. The zero-order chi connectivity index (χ0) is 29.2. The summed E-state index contributed by atoms with van der Waals surface area (Å²) in [5.74, 6) is -0.845. The Bertz CT molecular complexity index is 1340. The summed E-state index contributed by atoms with van der Waals surface area (Å²) in [4.78, 5) is 30.2. The van der Waals surface area contributed by atoms with Gasteiger partial charge in [-0.2, -0.15) is 23.4 Å². The molecule has 0 spiro atoms. The van der Waals surface area contributed by atoms with Crippen molar-refractivity contribution in [2.24, 2.45) is 5.92 Å². The van der Waals surface area contributed by atoms with Gasteiger partial charge in [-0.05, 0) is 71.1 Å². The van der Waals surface area contributed by atoms with Gasteiger partial charge in [-0.3, -0.25) is 14.3 Å². The number of amides is 2. The average Bonchev–Trinajstić information content (AvgIpc) is 3.40. The minimum Gasteiger partial charge on any atom is -0.373 e. The molecule has 10 nitrogen and oxygen atoms in total. The Labute approximate surface area is 230 Å². The molecule has 1 saturated carbocycles. The van der Waals surface area contributed by atoms with Crippen molar-refractivity contribution in [3.63, 3.8) is 0 Å². The van der Waals surface area contributed by atoms with Crippen LogP contribution in [0.3, 0.4) is 0 Å². The highest BCUT2D eigenvalue weighted by molar-refractivity contribution is 5.92. The highest BCUT2D eigenvalue weighted by atomic mass is 19.4. The molecule has 0 aliphatic heterocycles. The Morgan fingerprint density at radius 1 is 1.15 bits per heavy atom. The van der Waals surface area contributed by atoms with E-state index in [2.05, 4.69) is 20.8 Å². The third-order valence-corrected chi connectivity index (χ3v) is 6.50. The Morgan fingerprint density at radius 2 is 1.88 bits per heavy atom. The van der Waals surface area contributed by atoms with E-state index in [1.165, 1.54) is 0 Å². The number of fused-ring (bicyclic) bond motifs is 1. The summed E-state index contributed by atoms with van der Waals surface area (Å²) in [6.45, 7) is 9.77. The van der Waals surface area contributed by atoms with Crippen molar-refractivity contribution < 1.29 is 27.5 Å². The van der Waals surface area contributed by atoms with E-state index in [1.807, 2.05) is 34.6 Å². The van der Waals surface area contributed by atoms with Crippen molar-refractivity contribution in [1.82, 2.24) is 35.0 Å². The summed E-state index contributed by atoms with van der Waals surface area (Å²) in [7, 11) is 0. The summed E-state index contributed by atoms with van der Waals surface area (Å²) >= 11 is 0. The predicted molar refractivity (Wildman–Crippen MR) is 140 cm³/mol. The lowest BCUT2D eigenvalue weighted by atomic mass is 10.0. The van der Waals surface area contributed by atoms with Gasteiger partial charge in [-0.25, -0.2) is 9.50 Å². The molecule has 2 N–H and O–H groups in total. The van der Waals surface area contributed by atoms with Gasteiger partial charge in [-0.15, -0.1) is 0 Å². The quantitative estimate of drug-likeness (QED) is 0.349. The summed E-state index contributed by atoms with van der Waals surface area (Å²) in [5, 5.41) is 14.4. The second-order valence-corrected chi connectivity index (χ2v) is 11.5. The maximum atomic E-state index is 13.2. The standard InChI is InChI=1S/C27H36F3N7O3/c1-16(2)37-21(9-11-31-37)25(39)34-20(15-40-26(3,4)5)19-14-36-22(33-19)12-18(13-32-36)24(17-6-7-17)35-23(38)8-10-27(28,29)30/h9,11-14,16-17,20,24H,6-8,10,15H2,1-5H3,(H,34,39)(H,35,38)/t20-,24?/m0/s1. The minimum atomic E-state index is -4.39. The second kappa shape index (κ2) is 11.6. The van der Waals surface area contributed by atoms with E-state index in [-0.39, 0.29) is 24.5 Å². The van der Waals surface area contributed by atoms with Gasteiger partial charge in [0.1, 0.15) is 5.69 Å². The molecule has 1 aliphatic rings. The normalized spacial score (nSPS) is 15.8. The molecular weight excluding hydrogens is 527 g/mol. The van der Waals surface area contributed by atoms with Gasteiger partial charge in [-0.1, -0.05) is 0 Å². The summed E-state index contributed by atoms with van der Waals surface area (Å²) in [6.07, 6.45) is 0.399. The van der Waals surface area contributed by atoms with E-state index in [9.17, 15) is 22.8 Å². The van der Waals surface area contributed by atoms with Crippen LogP contribution in [0.5, 0.6) is 0 Å². The maximum absolute atomic E-state index is 13.2. The number of carbonyl (C=O) groups excluding carboxylic acids is 2. The van der Waals surface area contributed by atoms with E-state index in [0.29, 0.717) is 22.6 Å². The van der Waals surface area contributed by atoms with Crippen molar-refractivity contribution in [3.8, 4) is 0 Å². The molecule has 0 radical (unpaired) electrons. The van der Waals surface area contributed by atoms with Crippen LogP contribution < -0.4 is 10.6 Å². The fraction of sp³-hybridized carbons (Fsp3) is 0.593. The van der Waals surface area contributed by atoms with Crippen molar-refractivity contribution >= 4 is 17.5 Å². The number of ether oxygens (including phenoxy) is 1. The summed E-state index contributed by atoms with van der Waals surface area (Å²) < 4.78 is 46.9. The number of imidazole rings is 1. The maximum Gasteiger partial charge on any atom is 0.389 e. The van der Waals surface area contributed by atoms with Crippen LogP contribution >= 0.6 is 0 Å². The highest BCUT2D eigenvalue weighted by Gasteiger charge is 2.35. The van der Waals surface area contributed by atoms with Gasteiger partial charge >= 0.3 is 6.18 Å². The van der Waals surface area contributed by atoms with E-state index in [1.54, 1.807) is 39.9 Å². The van der Waals surface area contributed by atoms with Gasteiger partial charge in [0, 0.05) is 18.7 Å². The van der Waals surface area contributed by atoms with E-state index >= 15 is 0 Å². The Morgan fingerprint density at radius 3 is 2.50 bits per heavy atom. The fourth-order valence-corrected chi connectivity index (χ4v) is 4.32. The lowest BCUT2D eigenvalue weighted by molar-refractivity contribution is -0.144. The van der Waals surface area contributed by atoms with Crippen LogP contribution in [0.2, 0.25) is 0 Å². The molecule has 0 aromatic carbocycles. The Balaban J connectivity index is 1.57. The largest absolute Gasteiger partial charge is 0.389 e. The number of halogens is 3. The van der Waals surface area contributed by atoms with Gasteiger partial charge in [0.25, 0.3) is 5.91 Å². The molecule has 0 saturated heterocycles. The molecule has 218 valence electrons. The Hall–Kier alpha value is -3.48. The third kappa shape index (κ3) is 7.80. The molecule has 0 bridgehead atoms. The molecule has 4 rings (SSSR count).